The maximum Gasteiger partial charge on any atom is 0.338 e. The van der Waals surface area contributed by atoms with Gasteiger partial charge >= 0.3 is 5.97 Å². The van der Waals surface area contributed by atoms with Gasteiger partial charge in [0.1, 0.15) is 6.10 Å². The topological polar surface area (TPSA) is 87.0 Å². The summed E-state index contributed by atoms with van der Waals surface area (Å²) in [6.45, 7) is 19.7. The molecule has 0 saturated heterocycles. The molecule has 4 aliphatic rings. The quantitative estimate of drug-likeness (QED) is 0.232. The van der Waals surface area contributed by atoms with Crippen molar-refractivity contribution in [2.75, 3.05) is 0 Å². The van der Waals surface area contributed by atoms with Crippen LogP contribution in [-0.2, 0) is 4.74 Å². The van der Waals surface area contributed by atoms with E-state index in [1.165, 1.54) is 5.57 Å². The lowest BCUT2D eigenvalue weighted by Crippen LogP contribution is -2.69. The van der Waals surface area contributed by atoms with Crippen LogP contribution in [0.3, 0.4) is 0 Å². The van der Waals surface area contributed by atoms with Crippen molar-refractivity contribution in [2.45, 2.75) is 130 Å². The van der Waals surface area contributed by atoms with Crippen LogP contribution in [0.2, 0.25) is 0 Å². The Bertz CT molecular complexity index is 1170. The van der Waals surface area contributed by atoms with E-state index in [9.17, 15) is 20.1 Å². The molecule has 1 unspecified atom stereocenters. The summed E-state index contributed by atoms with van der Waals surface area (Å²) in [5.74, 6) is 1.20. The summed E-state index contributed by atoms with van der Waals surface area (Å²) in [5, 5.41) is 32.0. The second-order valence-corrected chi connectivity index (χ2v) is 16.4. The monoisotopic (exact) mass is 580 g/mol. The molecule has 1 aromatic carbocycles. The van der Waals surface area contributed by atoms with Crippen molar-refractivity contribution in [3.8, 4) is 0 Å². The largest absolute Gasteiger partial charge is 0.458 e. The first-order valence-corrected chi connectivity index (χ1v) is 16.5. The number of hydrogen-bond donors (Lipinski definition) is 3. The lowest BCUT2D eigenvalue weighted by Gasteiger charge is -2.71. The summed E-state index contributed by atoms with van der Waals surface area (Å²) in [6.07, 6.45) is 6.79. The molecule has 10 atom stereocenters. The number of aliphatic hydroxyl groups is 3. The molecule has 0 spiro atoms. The van der Waals surface area contributed by atoms with Gasteiger partial charge in [0.05, 0.1) is 23.4 Å². The number of ether oxygens (including phenoxy) is 1. The number of aliphatic hydroxyl groups excluding tert-OH is 2. The average Bonchev–Trinajstić information content (AvgIpc) is 3.29. The summed E-state index contributed by atoms with van der Waals surface area (Å²) in [4.78, 5) is 13.7. The molecule has 4 fully saturated rings. The molecule has 0 amide bonds. The van der Waals surface area contributed by atoms with Gasteiger partial charge in [-0.1, -0.05) is 65.0 Å². The molecule has 42 heavy (non-hydrogen) atoms. The van der Waals surface area contributed by atoms with Crippen molar-refractivity contribution in [1.82, 2.24) is 0 Å². The molecule has 0 bridgehead atoms. The van der Waals surface area contributed by atoms with Gasteiger partial charge in [0, 0.05) is 5.41 Å². The Morgan fingerprint density at radius 1 is 1.02 bits per heavy atom. The Balaban J connectivity index is 1.50. The number of carbonyl (C=O) groups is 1. The molecule has 3 N–H and O–H groups in total. The van der Waals surface area contributed by atoms with Crippen LogP contribution in [0.1, 0.15) is 117 Å². The van der Waals surface area contributed by atoms with Gasteiger partial charge in [0.15, 0.2) is 0 Å². The lowest BCUT2D eigenvalue weighted by molar-refractivity contribution is -0.261. The predicted molar refractivity (Wildman–Crippen MR) is 167 cm³/mol. The summed E-state index contributed by atoms with van der Waals surface area (Å²) < 4.78 is 6.65. The molecular formula is C37H56O5. The number of fused-ring (bicyclic) bond motifs is 5. The maximum absolute atomic E-state index is 13.7. The molecule has 5 nitrogen and oxygen atoms in total. The zero-order chi connectivity index (χ0) is 30.9. The Morgan fingerprint density at radius 2 is 1.69 bits per heavy atom. The predicted octanol–water partition coefficient (Wildman–Crippen LogP) is 7.34. The van der Waals surface area contributed by atoms with E-state index in [1.807, 2.05) is 30.3 Å². The van der Waals surface area contributed by atoms with Gasteiger partial charge in [0.2, 0.25) is 0 Å². The van der Waals surface area contributed by atoms with Crippen molar-refractivity contribution < 1.29 is 24.9 Å². The molecule has 5 heteroatoms. The standard InChI is InChI=1S/C37H56O5/c1-23(14-17-30(39)34(4,5)41)25-18-21-36(7)26(25)15-16-27-35(6)20-19-29(38)33(2,3)28(35)22-31(37(27,36)8)42-32(40)24-12-10-9-11-13-24/h9-13,25-31,38-39,41H,1,14-22H2,2-8H3/t25-,26-,27-,28+,29+,30?,31+,35-,36-,37+/m1/s1. The molecule has 234 valence electrons. The van der Waals surface area contributed by atoms with Crippen molar-refractivity contribution >= 4 is 5.97 Å². The van der Waals surface area contributed by atoms with E-state index in [0.717, 1.165) is 44.9 Å². The van der Waals surface area contributed by atoms with Gasteiger partial charge in [-0.25, -0.2) is 4.79 Å². The smallest absolute Gasteiger partial charge is 0.338 e. The van der Waals surface area contributed by atoms with Crippen LogP contribution < -0.4 is 0 Å². The number of hydrogen-bond acceptors (Lipinski definition) is 5. The third-order valence-corrected chi connectivity index (χ3v) is 13.8. The van der Waals surface area contributed by atoms with Crippen LogP contribution in [0.5, 0.6) is 0 Å². The van der Waals surface area contributed by atoms with E-state index in [1.54, 1.807) is 13.8 Å². The zero-order valence-corrected chi connectivity index (χ0v) is 27.2. The first kappa shape index (κ1) is 31.7. The van der Waals surface area contributed by atoms with Crippen LogP contribution in [0.25, 0.3) is 0 Å². The maximum atomic E-state index is 13.7. The van der Waals surface area contributed by atoms with Gasteiger partial charge < -0.3 is 20.1 Å². The van der Waals surface area contributed by atoms with Gasteiger partial charge in [-0.15, -0.1) is 0 Å². The van der Waals surface area contributed by atoms with Crippen molar-refractivity contribution in [3.63, 3.8) is 0 Å². The van der Waals surface area contributed by atoms with Crippen LogP contribution >= 0.6 is 0 Å². The number of allylic oxidation sites excluding steroid dienone is 1. The first-order valence-electron chi connectivity index (χ1n) is 16.5. The second kappa shape index (κ2) is 10.7. The summed E-state index contributed by atoms with van der Waals surface area (Å²) in [6, 6.07) is 9.38. The van der Waals surface area contributed by atoms with Gasteiger partial charge in [-0.2, -0.15) is 0 Å². The average molecular weight is 581 g/mol. The Morgan fingerprint density at radius 3 is 2.33 bits per heavy atom. The highest BCUT2D eigenvalue weighted by Gasteiger charge is 2.72. The minimum atomic E-state index is -1.12. The van der Waals surface area contributed by atoms with E-state index < -0.39 is 11.7 Å². The summed E-state index contributed by atoms with van der Waals surface area (Å²) >= 11 is 0. The van der Waals surface area contributed by atoms with E-state index in [-0.39, 0.29) is 45.8 Å². The number of esters is 1. The van der Waals surface area contributed by atoms with Crippen molar-refractivity contribution in [3.05, 3.63) is 48.0 Å². The highest BCUT2D eigenvalue weighted by molar-refractivity contribution is 5.89. The molecule has 4 saturated carbocycles. The van der Waals surface area contributed by atoms with E-state index in [0.29, 0.717) is 36.2 Å². The van der Waals surface area contributed by atoms with Gasteiger partial charge in [-0.3, -0.25) is 0 Å². The lowest BCUT2D eigenvalue weighted by atomic mass is 9.34. The molecule has 1 aromatic rings. The zero-order valence-electron chi connectivity index (χ0n) is 27.2. The minimum Gasteiger partial charge on any atom is -0.458 e. The van der Waals surface area contributed by atoms with E-state index >= 15 is 0 Å². The van der Waals surface area contributed by atoms with Gasteiger partial charge in [-0.05, 0) is 124 Å². The fourth-order valence-electron chi connectivity index (χ4n) is 10.9. The number of carbonyl (C=O) groups excluding carboxylic acids is 1. The third kappa shape index (κ3) is 4.81. The van der Waals surface area contributed by atoms with Crippen LogP contribution in [0.4, 0.5) is 0 Å². The molecule has 0 aromatic heterocycles. The fourth-order valence-corrected chi connectivity index (χ4v) is 10.9. The second-order valence-electron chi connectivity index (χ2n) is 16.4. The molecule has 4 aliphatic carbocycles. The summed E-state index contributed by atoms with van der Waals surface area (Å²) in [5.41, 5.74) is 0.217. The van der Waals surface area contributed by atoms with Crippen molar-refractivity contribution in [1.29, 1.82) is 0 Å². The first-order chi connectivity index (χ1) is 19.5. The summed E-state index contributed by atoms with van der Waals surface area (Å²) in [7, 11) is 0. The Kier molecular flexibility index (Phi) is 8.11. The Labute approximate surface area is 254 Å². The van der Waals surface area contributed by atoms with Gasteiger partial charge in [0.25, 0.3) is 0 Å². The van der Waals surface area contributed by atoms with Crippen LogP contribution in [0.15, 0.2) is 42.5 Å². The minimum absolute atomic E-state index is 0.0335. The van der Waals surface area contributed by atoms with E-state index in [4.69, 9.17) is 4.74 Å². The fraction of sp³-hybridized carbons (Fsp3) is 0.757. The number of benzene rings is 1. The third-order valence-electron chi connectivity index (χ3n) is 13.8. The molecule has 0 aliphatic heterocycles. The molecule has 0 heterocycles. The molecule has 5 rings (SSSR count). The molecule has 0 radical (unpaired) electrons. The van der Waals surface area contributed by atoms with Crippen LogP contribution in [-0.4, -0.2) is 45.2 Å². The Hall–Kier alpha value is -1.69. The SMILES string of the molecule is C=C(CCC(O)C(C)(C)O)[C@H]1CC[C@]2(C)[C@@H]1CC[C@@H]1[C@@]3(C)CC[C@H](O)C(C)(C)[C@@H]3C[C@H](OC(=O)c3ccccc3)[C@]12C. The number of rotatable bonds is 7. The highest BCUT2D eigenvalue weighted by atomic mass is 16.5. The highest BCUT2D eigenvalue weighted by Crippen LogP contribution is 2.76. The van der Waals surface area contributed by atoms with Crippen LogP contribution in [0, 0.1) is 45.3 Å². The molecular weight excluding hydrogens is 524 g/mol. The van der Waals surface area contributed by atoms with Crippen molar-refractivity contribution in [2.24, 2.45) is 45.3 Å². The normalized spacial score (nSPS) is 41.7. The van der Waals surface area contributed by atoms with E-state index in [2.05, 4.69) is 41.2 Å².